The van der Waals surface area contributed by atoms with E-state index in [-0.39, 0.29) is 24.0 Å². The third kappa shape index (κ3) is 3.36. The number of halogens is 1. The van der Waals surface area contributed by atoms with E-state index in [1.165, 1.54) is 12.1 Å². The van der Waals surface area contributed by atoms with Crippen molar-refractivity contribution in [1.29, 1.82) is 0 Å². The van der Waals surface area contributed by atoms with Crippen LogP contribution in [0.1, 0.15) is 17.2 Å². The van der Waals surface area contributed by atoms with Crippen LogP contribution in [0.3, 0.4) is 0 Å². The highest BCUT2D eigenvalue weighted by Gasteiger charge is 2.35. The molecule has 2 aromatic rings. The molecule has 0 saturated carbocycles. The van der Waals surface area contributed by atoms with Crippen LogP contribution < -0.4 is 5.32 Å². The van der Waals surface area contributed by atoms with Gasteiger partial charge in [-0.15, -0.1) is 0 Å². The molecule has 2 N–H and O–H groups in total. The van der Waals surface area contributed by atoms with Crippen molar-refractivity contribution in [2.24, 2.45) is 0 Å². The monoisotopic (exact) mass is 344 g/mol. The van der Waals surface area contributed by atoms with Crippen LogP contribution >= 0.6 is 11.6 Å². The molecule has 1 fully saturated rings. The van der Waals surface area contributed by atoms with Gasteiger partial charge in [-0.05, 0) is 23.8 Å². The van der Waals surface area contributed by atoms with Gasteiger partial charge in [0.1, 0.15) is 11.8 Å². The number of phenols is 1. The maximum Gasteiger partial charge on any atom is 0.247 e. The summed E-state index contributed by atoms with van der Waals surface area (Å²) >= 11 is 6.22. The molecule has 124 valence electrons. The molecule has 0 unspecified atom stereocenters. The molecule has 0 aliphatic carbocycles. The van der Waals surface area contributed by atoms with Crippen molar-refractivity contribution in [2.75, 3.05) is 13.1 Å². The zero-order chi connectivity index (χ0) is 17.1. The summed E-state index contributed by atoms with van der Waals surface area (Å²) in [6.45, 7) is 0.847. The Morgan fingerprint density at radius 1 is 1.21 bits per heavy atom. The highest BCUT2D eigenvalue weighted by atomic mass is 35.5. The number of hydrogen-bond donors (Lipinski definition) is 2. The van der Waals surface area contributed by atoms with Crippen molar-refractivity contribution in [3.05, 3.63) is 64.7 Å². The van der Waals surface area contributed by atoms with Crippen LogP contribution in [0.15, 0.2) is 48.5 Å². The van der Waals surface area contributed by atoms with Crippen LogP contribution in [-0.2, 0) is 16.0 Å². The SMILES string of the molecule is O=C1NCCN(C(=O)Cc2ccc(O)cc2)[C@H]1c1ccccc1Cl. The molecule has 0 spiro atoms. The lowest BCUT2D eigenvalue weighted by Crippen LogP contribution is -2.52. The number of rotatable bonds is 3. The van der Waals surface area contributed by atoms with Gasteiger partial charge in [-0.2, -0.15) is 0 Å². The van der Waals surface area contributed by atoms with Gasteiger partial charge in [0.25, 0.3) is 0 Å². The first-order valence-corrected chi connectivity index (χ1v) is 8.03. The molecule has 1 atom stereocenters. The Morgan fingerprint density at radius 3 is 2.62 bits per heavy atom. The molecule has 2 amide bonds. The molecule has 1 aliphatic heterocycles. The van der Waals surface area contributed by atoms with Gasteiger partial charge >= 0.3 is 0 Å². The first-order chi connectivity index (χ1) is 11.6. The smallest absolute Gasteiger partial charge is 0.247 e. The van der Waals surface area contributed by atoms with Gasteiger partial charge in [-0.1, -0.05) is 41.9 Å². The highest BCUT2D eigenvalue weighted by molar-refractivity contribution is 6.31. The van der Waals surface area contributed by atoms with E-state index in [9.17, 15) is 14.7 Å². The zero-order valence-electron chi connectivity index (χ0n) is 12.9. The Bertz CT molecular complexity index is 761. The summed E-state index contributed by atoms with van der Waals surface area (Å²) in [4.78, 5) is 26.7. The predicted molar refractivity (Wildman–Crippen MR) is 90.7 cm³/mol. The van der Waals surface area contributed by atoms with Crippen molar-refractivity contribution in [3.63, 3.8) is 0 Å². The van der Waals surface area contributed by atoms with Gasteiger partial charge in [0.2, 0.25) is 11.8 Å². The molecule has 0 bridgehead atoms. The second-order valence-electron chi connectivity index (χ2n) is 5.65. The lowest BCUT2D eigenvalue weighted by molar-refractivity contribution is -0.143. The van der Waals surface area contributed by atoms with Crippen LogP contribution in [0.25, 0.3) is 0 Å². The predicted octanol–water partition coefficient (Wildman–Crippen LogP) is 2.29. The third-order valence-electron chi connectivity index (χ3n) is 4.02. The van der Waals surface area contributed by atoms with E-state index >= 15 is 0 Å². The fourth-order valence-corrected chi connectivity index (χ4v) is 3.07. The number of carbonyl (C=O) groups excluding carboxylic acids is 2. The van der Waals surface area contributed by atoms with Crippen LogP contribution in [0.5, 0.6) is 5.75 Å². The molecule has 24 heavy (non-hydrogen) atoms. The maximum absolute atomic E-state index is 12.7. The average molecular weight is 345 g/mol. The number of piperazine rings is 1. The number of amides is 2. The van der Waals surface area contributed by atoms with Crippen molar-refractivity contribution in [1.82, 2.24) is 10.2 Å². The van der Waals surface area contributed by atoms with E-state index in [0.717, 1.165) is 5.56 Å². The number of aromatic hydroxyl groups is 1. The van der Waals surface area contributed by atoms with E-state index in [1.54, 1.807) is 41.3 Å². The summed E-state index contributed by atoms with van der Waals surface area (Å²) in [6, 6.07) is 12.8. The van der Waals surface area contributed by atoms with Crippen LogP contribution in [0.2, 0.25) is 5.02 Å². The molecule has 6 heteroatoms. The van der Waals surface area contributed by atoms with Crippen LogP contribution in [-0.4, -0.2) is 34.9 Å². The molecule has 1 heterocycles. The topological polar surface area (TPSA) is 69.6 Å². The van der Waals surface area contributed by atoms with Gasteiger partial charge in [0, 0.05) is 23.7 Å². The van der Waals surface area contributed by atoms with Crippen molar-refractivity contribution in [3.8, 4) is 5.75 Å². The Kier molecular flexibility index (Phi) is 4.71. The highest BCUT2D eigenvalue weighted by Crippen LogP contribution is 2.29. The molecule has 1 saturated heterocycles. The number of nitrogens with zero attached hydrogens (tertiary/aromatic N) is 1. The number of phenolic OH excluding ortho intramolecular Hbond substituents is 1. The molecule has 2 aromatic carbocycles. The largest absolute Gasteiger partial charge is 0.508 e. The summed E-state index contributed by atoms with van der Waals surface area (Å²) in [5.41, 5.74) is 1.40. The van der Waals surface area contributed by atoms with Gasteiger partial charge in [-0.25, -0.2) is 0 Å². The summed E-state index contributed by atoms with van der Waals surface area (Å²) in [5.74, 6) is -0.230. The fraction of sp³-hybridized carbons (Fsp3) is 0.222. The van der Waals surface area contributed by atoms with Crippen LogP contribution in [0.4, 0.5) is 0 Å². The number of nitrogens with one attached hydrogen (secondary N) is 1. The zero-order valence-corrected chi connectivity index (χ0v) is 13.7. The van der Waals surface area contributed by atoms with E-state index < -0.39 is 6.04 Å². The first-order valence-electron chi connectivity index (χ1n) is 7.66. The van der Waals surface area contributed by atoms with Gasteiger partial charge < -0.3 is 15.3 Å². The maximum atomic E-state index is 12.7. The summed E-state index contributed by atoms with van der Waals surface area (Å²) < 4.78 is 0. The molecule has 0 aromatic heterocycles. The number of hydrogen-bond acceptors (Lipinski definition) is 3. The molecule has 3 rings (SSSR count). The minimum absolute atomic E-state index is 0.150. The summed E-state index contributed by atoms with van der Waals surface area (Å²) in [7, 11) is 0. The second-order valence-corrected chi connectivity index (χ2v) is 6.05. The standard InChI is InChI=1S/C18H17ClN2O3/c19-15-4-2-1-3-14(15)17-18(24)20-9-10-21(17)16(23)11-12-5-7-13(22)8-6-12/h1-8,17,22H,9-11H2,(H,20,24)/t17-/m0/s1. The van der Waals surface area contributed by atoms with Crippen molar-refractivity contribution in [2.45, 2.75) is 12.5 Å². The van der Waals surface area contributed by atoms with Gasteiger partial charge in [-0.3, -0.25) is 9.59 Å². The Hall–Kier alpha value is -2.53. The lowest BCUT2D eigenvalue weighted by Gasteiger charge is -2.35. The van der Waals surface area contributed by atoms with E-state index in [4.69, 9.17) is 11.6 Å². The lowest BCUT2D eigenvalue weighted by atomic mass is 10.0. The van der Waals surface area contributed by atoms with Crippen LogP contribution in [0, 0.1) is 0 Å². The number of carbonyl (C=O) groups is 2. The van der Waals surface area contributed by atoms with E-state index in [1.807, 2.05) is 0 Å². The molecular formula is C18H17ClN2O3. The first kappa shape index (κ1) is 16.3. The Morgan fingerprint density at radius 2 is 1.92 bits per heavy atom. The van der Waals surface area contributed by atoms with Crippen molar-refractivity contribution >= 4 is 23.4 Å². The molecule has 1 aliphatic rings. The average Bonchev–Trinajstić information content (AvgIpc) is 2.57. The summed E-state index contributed by atoms with van der Waals surface area (Å²) in [5, 5.41) is 12.6. The van der Waals surface area contributed by atoms with Gasteiger partial charge in [0.05, 0.1) is 6.42 Å². The minimum Gasteiger partial charge on any atom is -0.508 e. The molecule has 5 nitrogen and oxygen atoms in total. The summed E-state index contributed by atoms with van der Waals surface area (Å²) in [6.07, 6.45) is 0.161. The normalized spacial score (nSPS) is 17.5. The number of benzene rings is 2. The Labute approximate surface area is 144 Å². The van der Waals surface area contributed by atoms with E-state index in [0.29, 0.717) is 23.7 Å². The quantitative estimate of drug-likeness (QED) is 0.897. The molecule has 0 radical (unpaired) electrons. The van der Waals surface area contributed by atoms with Crippen molar-refractivity contribution < 1.29 is 14.7 Å². The second kappa shape index (κ2) is 6.93. The van der Waals surface area contributed by atoms with Gasteiger partial charge in [0.15, 0.2) is 0 Å². The third-order valence-corrected chi connectivity index (χ3v) is 4.37. The minimum atomic E-state index is -0.725. The van der Waals surface area contributed by atoms with E-state index in [2.05, 4.69) is 5.32 Å². The fourth-order valence-electron chi connectivity index (χ4n) is 2.83. The molecular weight excluding hydrogens is 328 g/mol. The Balaban J connectivity index is 1.86.